The lowest BCUT2D eigenvalue weighted by Crippen LogP contribution is -2.30. The molecule has 3 nitrogen and oxygen atoms in total. The molecule has 0 saturated carbocycles. The molecular formula is C47H34N2O. The van der Waals surface area contributed by atoms with Crippen molar-refractivity contribution in [2.75, 3.05) is 0 Å². The van der Waals surface area contributed by atoms with Gasteiger partial charge < -0.3 is 4.74 Å². The Labute approximate surface area is 291 Å². The summed E-state index contributed by atoms with van der Waals surface area (Å²) in [5.74, 6) is 2.65. The van der Waals surface area contributed by atoms with E-state index in [2.05, 4.69) is 159 Å². The van der Waals surface area contributed by atoms with Crippen LogP contribution in [0.4, 0.5) is 0 Å². The Hall–Kier alpha value is -6.06. The maximum absolute atomic E-state index is 6.43. The zero-order valence-corrected chi connectivity index (χ0v) is 28.1. The molecule has 0 radical (unpaired) electrons. The maximum Gasteiger partial charge on any atom is 0.160 e. The molecule has 0 saturated heterocycles. The third kappa shape index (κ3) is 4.10. The Morgan fingerprint density at radius 1 is 0.480 bits per heavy atom. The van der Waals surface area contributed by atoms with Gasteiger partial charge in [-0.3, -0.25) is 0 Å². The summed E-state index contributed by atoms with van der Waals surface area (Å²) in [4.78, 5) is 10.4. The molecule has 7 aromatic carbocycles. The molecule has 8 aromatic rings. The van der Waals surface area contributed by atoms with Crippen molar-refractivity contribution in [3.05, 3.63) is 157 Å². The van der Waals surface area contributed by atoms with Crippen LogP contribution >= 0.6 is 0 Å². The van der Waals surface area contributed by atoms with E-state index < -0.39 is 0 Å². The van der Waals surface area contributed by atoms with E-state index >= 15 is 0 Å². The SMILES string of the molecule is CCC1(CC)c2ccccc2Oc2ccc(-c3ccc(-c4nc(-c5ccc6c7c(cccc57)-c5ccccc5-6)c5ccccc5n4)cc3)cc21. The lowest BCUT2D eigenvalue weighted by molar-refractivity contribution is 0.375. The molecule has 0 unspecified atom stereocenters. The van der Waals surface area contributed by atoms with Crippen LogP contribution in [-0.2, 0) is 5.41 Å². The predicted octanol–water partition coefficient (Wildman–Crippen LogP) is 12.6. The Morgan fingerprint density at radius 2 is 1.10 bits per heavy atom. The number of aromatic nitrogens is 2. The molecule has 0 atom stereocenters. The fourth-order valence-corrected chi connectivity index (χ4v) is 8.64. The third-order valence-electron chi connectivity index (χ3n) is 11.2. The number of ether oxygens (including phenoxy) is 1. The van der Waals surface area contributed by atoms with Crippen LogP contribution < -0.4 is 4.74 Å². The smallest absolute Gasteiger partial charge is 0.160 e. The van der Waals surface area contributed by atoms with Gasteiger partial charge in [0.05, 0.1) is 11.2 Å². The van der Waals surface area contributed by atoms with Crippen molar-refractivity contribution in [3.63, 3.8) is 0 Å². The van der Waals surface area contributed by atoms with Gasteiger partial charge in [0.15, 0.2) is 5.82 Å². The van der Waals surface area contributed by atoms with Crippen LogP contribution in [0.15, 0.2) is 146 Å². The first kappa shape index (κ1) is 28.9. The normalized spacial score (nSPS) is 13.5. The summed E-state index contributed by atoms with van der Waals surface area (Å²) in [7, 11) is 0. The molecular weight excluding hydrogens is 609 g/mol. The summed E-state index contributed by atoms with van der Waals surface area (Å²) in [6, 6.07) is 52.1. The van der Waals surface area contributed by atoms with E-state index in [-0.39, 0.29) is 5.41 Å². The lowest BCUT2D eigenvalue weighted by atomic mass is 9.68. The van der Waals surface area contributed by atoms with E-state index in [4.69, 9.17) is 14.7 Å². The van der Waals surface area contributed by atoms with Crippen LogP contribution in [-0.4, -0.2) is 9.97 Å². The van der Waals surface area contributed by atoms with Gasteiger partial charge in [-0.2, -0.15) is 0 Å². The number of fused-ring (bicyclic) bond motifs is 6. The Morgan fingerprint density at radius 3 is 1.92 bits per heavy atom. The number of rotatable bonds is 5. The van der Waals surface area contributed by atoms with Gasteiger partial charge in [-0.25, -0.2) is 9.97 Å². The van der Waals surface area contributed by atoms with Crippen molar-refractivity contribution < 1.29 is 4.74 Å². The quantitative estimate of drug-likeness (QED) is 0.187. The Kier molecular flexibility index (Phi) is 6.35. The number of nitrogens with zero attached hydrogens (tertiary/aromatic N) is 2. The van der Waals surface area contributed by atoms with Crippen LogP contribution in [0, 0.1) is 0 Å². The van der Waals surface area contributed by atoms with Gasteiger partial charge in [0.2, 0.25) is 0 Å². The monoisotopic (exact) mass is 642 g/mol. The number of para-hydroxylation sites is 2. The molecule has 10 rings (SSSR count). The zero-order valence-electron chi connectivity index (χ0n) is 28.1. The molecule has 0 amide bonds. The van der Waals surface area contributed by atoms with Gasteiger partial charge in [0.1, 0.15) is 11.5 Å². The average molecular weight is 643 g/mol. The molecule has 50 heavy (non-hydrogen) atoms. The van der Waals surface area contributed by atoms with E-state index in [1.54, 1.807) is 0 Å². The van der Waals surface area contributed by atoms with Gasteiger partial charge in [-0.05, 0) is 81.3 Å². The lowest BCUT2D eigenvalue weighted by Gasteiger charge is -2.39. The van der Waals surface area contributed by atoms with Crippen LogP contribution in [0.3, 0.4) is 0 Å². The summed E-state index contributed by atoms with van der Waals surface area (Å²) >= 11 is 0. The van der Waals surface area contributed by atoms with E-state index in [9.17, 15) is 0 Å². The molecule has 2 aliphatic rings. The molecule has 0 fully saturated rings. The average Bonchev–Trinajstić information content (AvgIpc) is 3.51. The van der Waals surface area contributed by atoms with E-state index in [1.165, 1.54) is 49.7 Å². The fourth-order valence-electron chi connectivity index (χ4n) is 8.64. The highest BCUT2D eigenvalue weighted by molar-refractivity contribution is 6.19. The highest BCUT2D eigenvalue weighted by Crippen LogP contribution is 2.53. The largest absolute Gasteiger partial charge is 0.457 e. The second kappa shape index (κ2) is 11.0. The molecule has 1 aliphatic heterocycles. The first-order valence-electron chi connectivity index (χ1n) is 17.6. The van der Waals surface area contributed by atoms with Gasteiger partial charge in [0.25, 0.3) is 0 Å². The Balaban J connectivity index is 1.07. The van der Waals surface area contributed by atoms with E-state index in [0.29, 0.717) is 0 Å². The van der Waals surface area contributed by atoms with Gasteiger partial charge in [-0.15, -0.1) is 0 Å². The first-order valence-corrected chi connectivity index (χ1v) is 17.6. The molecule has 3 heteroatoms. The zero-order chi connectivity index (χ0) is 33.4. The number of hydrogen-bond acceptors (Lipinski definition) is 3. The molecule has 0 bridgehead atoms. The van der Waals surface area contributed by atoms with E-state index in [0.717, 1.165) is 63.5 Å². The second-order valence-corrected chi connectivity index (χ2v) is 13.5. The highest BCUT2D eigenvalue weighted by Gasteiger charge is 2.39. The summed E-state index contributed by atoms with van der Waals surface area (Å²) in [5.41, 5.74) is 14.0. The molecule has 238 valence electrons. The minimum Gasteiger partial charge on any atom is -0.457 e. The van der Waals surface area contributed by atoms with Gasteiger partial charge in [0, 0.05) is 33.1 Å². The number of hydrogen-bond donors (Lipinski definition) is 0. The summed E-state index contributed by atoms with van der Waals surface area (Å²) in [6.45, 7) is 4.58. The van der Waals surface area contributed by atoms with Crippen molar-refractivity contribution in [2.24, 2.45) is 0 Å². The highest BCUT2D eigenvalue weighted by atomic mass is 16.5. The van der Waals surface area contributed by atoms with Crippen molar-refractivity contribution in [1.29, 1.82) is 0 Å². The molecule has 1 aromatic heterocycles. The van der Waals surface area contributed by atoms with Crippen LogP contribution in [0.5, 0.6) is 11.5 Å². The Bertz CT molecular complexity index is 2620. The topological polar surface area (TPSA) is 35.0 Å². The summed E-state index contributed by atoms with van der Waals surface area (Å²) in [5, 5.41) is 3.57. The van der Waals surface area contributed by atoms with Crippen molar-refractivity contribution in [1.82, 2.24) is 9.97 Å². The van der Waals surface area contributed by atoms with E-state index in [1.807, 2.05) is 0 Å². The van der Waals surface area contributed by atoms with Crippen molar-refractivity contribution in [2.45, 2.75) is 32.1 Å². The van der Waals surface area contributed by atoms with Crippen LogP contribution in [0.25, 0.3) is 77.7 Å². The molecule has 0 spiro atoms. The summed E-state index contributed by atoms with van der Waals surface area (Å²) < 4.78 is 6.43. The molecule has 1 aliphatic carbocycles. The third-order valence-corrected chi connectivity index (χ3v) is 11.2. The van der Waals surface area contributed by atoms with Crippen molar-refractivity contribution in [3.8, 4) is 67.5 Å². The first-order chi connectivity index (χ1) is 24.7. The van der Waals surface area contributed by atoms with Crippen molar-refractivity contribution >= 4 is 21.7 Å². The van der Waals surface area contributed by atoms with Crippen LogP contribution in [0.1, 0.15) is 37.8 Å². The second-order valence-electron chi connectivity index (χ2n) is 13.5. The number of benzene rings is 7. The predicted molar refractivity (Wildman–Crippen MR) is 206 cm³/mol. The summed E-state index contributed by atoms with van der Waals surface area (Å²) in [6.07, 6.45) is 2.01. The minimum atomic E-state index is -0.0825. The molecule has 0 N–H and O–H groups in total. The maximum atomic E-state index is 6.43. The van der Waals surface area contributed by atoms with Crippen LogP contribution in [0.2, 0.25) is 0 Å². The fraction of sp³-hybridized carbons (Fsp3) is 0.106. The molecule has 2 heterocycles. The standard InChI is InChI=1S/C47H34N2O/c1-3-47(4-2)39-17-8-10-19-42(39)50-43-27-24-31(28-40(43)47)29-20-22-30(23-21-29)46-48-41-18-9-7-14-38(41)45(49-46)37-26-25-36-33-13-6-5-12-32(33)34-15-11-16-35(37)44(34)36/h5-28H,3-4H2,1-2H3. The van der Waals surface area contributed by atoms with Gasteiger partial charge >= 0.3 is 0 Å². The minimum absolute atomic E-state index is 0.0825. The van der Waals surface area contributed by atoms with Gasteiger partial charge in [-0.1, -0.05) is 135 Å².